The number of sulfonamides is 1. The van der Waals surface area contributed by atoms with Crippen molar-refractivity contribution in [2.75, 3.05) is 23.3 Å². The SMILES string of the molecule is Cc1c(Cl)cccc1N(Cc1ccc(C(=O)N/N=C\c2ccc(N(C)C)cc2)cc1)S(=O)(=O)c1ccccc1. The predicted molar refractivity (Wildman–Crippen MR) is 158 cm³/mol. The zero-order valence-corrected chi connectivity index (χ0v) is 23.4. The van der Waals surface area contributed by atoms with Crippen molar-refractivity contribution in [2.24, 2.45) is 5.10 Å². The summed E-state index contributed by atoms with van der Waals surface area (Å²) in [6.45, 7) is 1.84. The number of amides is 1. The Bertz CT molecular complexity index is 1570. The van der Waals surface area contributed by atoms with Crippen LogP contribution in [-0.4, -0.2) is 34.6 Å². The van der Waals surface area contributed by atoms with Gasteiger partial charge in [-0.2, -0.15) is 5.10 Å². The maximum atomic E-state index is 13.7. The van der Waals surface area contributed by atoms with Crippen LogP contribution in [-0.2, 0) is 16.6 Å². The minimum Gasteiger partial charge on any atom is -0.378 e. The smallest absolute Gasteiger partial charge is 0.271 e. The molecule has 4 aromatic carbocycles. The number of halogens is 1. The number of benzene rings is 4. The molecule has 4 rings (SSSR count). The van der Waals surface area contributed by atoms with Gasteiger partial charge in [0.15, 0.2) is 0 Å². The average molecular weight is 561 g/mol. The zero-order valence-electron chi connectivity index (χ0n) is 21.9. The largest absolute Gasteiger partial charge is 0.378 e. The highest BCUT2D eigenvalue weighted by Crippen LogP contribution is 2.32. The van der Waals surface area contributed by atoms with Gasteiger partial charge in [-0.05, 0) is 72.1 Å². The molecule has 39 heavy (non-hydrogen) atoms. The first-order valence-corrected chi connectivity index (χ1v) is 14.0. The van der Waals surface area contributed by atoms with Gasteiger partial charge < -0.3 is 4.90 Å². The lowest BCUT2D eigenvalue weighted by Crippen LogP contribution is -2.31. The van der Waals surface area contributed by atoms with Crippen LogP contribution in [0, 0.1) is 6.92 Å². The van der Waals surface area contributed by atoms with Gasteiger partial charge in [0.1, 0.15) is 0 Å². The molecule has 7 nitrogen and oxygen atoms in total. The Morgan fingerprint density at radius 3 is 2.21 bits per heavy atom. The van der Waals surface area contributed by atoms with Crippen LogP contribution in [0.25, 0.3) is 0 Å². The van der Waals surface area contributed by atoms with Crippen molar-refractivity contribution in [3.63, 3.8) is 0 Å². The topological polar surface area (TPSA) is 82.1 Å². The van der Waals surface area contributed by atoms with E-state index in [-0.39, 0.29) is 17.3 Å². The van der Waals surface area contributed by atoms with Crippen LogP contribution in [0.15, 0.2) is 107 Å². The molecule has 0 aliphatic rings. The number of carbonyl (C=O) groups excluding carboxylic acids is 1. The molecular weight excluding hydrogens is 532 g/mol. The fourth-order valence-corrected chi connectivity index (χ4v) is 5.60. The molecule has 1 N–H and O–H groups in total. The highest BCUT2D eigenvalue weighted by Gasteiger charge is 2.27. The van der Waals surface area contributed by atoms with Crippen LogP contribution >= 0.6 is 11.6 Å². The van der Waals surface area contributed by atoms with Crippen LogP contribution in [0.4, 0.5) is 11.4 Å². The van der Waals surface area contributed by atoms with Crippen molar-refractivity contribution in [1.29, 1.82) is 0 Å². The van der Waals surface area contributed by atoms with E-state index < -0.39 is 10.0 Å². The molecule has 0 saturated carbocycles. The van der Waals surface area contributed by atoms with Crippen LogP contribution in [0.2, 0.25) is 5.02 Å². The summed E-state index contributed by atoms with van der Waals surface area (Å²) in [5, 5.41) is 4.52. The number of hydrogen-bond acceptors (Lipinski definition) is 5. The van der Waals surface area contributed by atoms with Crippen LogP contribution in [0.1, 0.15) is 27.0 Å². The minimum atomic E-state index is -3.89. The van der Waals surface area contributed by atoms with Gasteiger partial charge in [0.25, 0.3) is 15.9 Å². The van der Waals surface area contributed by atoms with Crippen LogP contribution in [0.3, 0.4) is 0 Å². The van der Waals surface area contributed by atoms with Crippen molar-refractivity contribution in [1.82, 2.24) is 5.43 Å². The molecule has 0 heterocycles. The van der Waals surface area contributed by atoms with E-state index in [4.69, 9.17) is 11.6 Å². The van der Waals surface area contributed by atoms with Gasteiger partial charge in [-0.15, -0.1) is 0 Å². The number of nitrogens with zero attached hydrogens (tertiary/aromatic N) is 3. The van der Waals surface area contributed by atoms with Crippen molar-refractivity contribution in [2.45, 2.75) is 18.4 Å². The van der Waals surface area contributed by atoms with Crippen LogP contribution < -0.4 is 14.6 Å². The summed E-state index contributed by atoms with van der Waals surface area (Å²) in [5.41, 5.74) is 6.70. The Balaban J connectivity index is 1.52. The molecule has 1 amide bonds. The molecule has 0 spiro atoms. The van der Waals surface area contributed by atoms with Gasteiger partial charge >= 0.3 is 0 Å². The normalized spacial score (nSPS) is 11.4. The van der Waals surface area contributed by atoms with Crippen molar-refractivity contribution in [3.05, 3.63) is 124 Å². The van der Waals surface area contributed by atoms with E-state index in [0.717, 1.165) is 11.3 Å². The summed E-state index contributed by atoms with van der Waals surface area (Å²) in [6.07, 6.45) is 1.57. The number of nitrogens with one attached hydrogen (secondary N) is 1. The summed E-state index contributed by atoms with van der Waals surface area (Å²) in [5.74, 6) is -0.373. The average Bonchev–Trinajstić information content (AvgIpc) is 2.94. The summed E-state index contributed by atoms with van der Waals surface area (Å²) in [6, 6.07) is 27.9. The lowest BCUT2D eigenvalue weighted by Gasteiger charge is -2.26. The molecule has 0 aliphatic carbocycles. The first-order valence-electron chi connectivity index (χ1n) is 12.2. The molecular formula is C30H29ClN4O3S. The zero-order chi connectivity index (χ0) is 28.0. The highest BCUT2D eigenvalue weighted by molar-refractivity contribution is 7.92. The highest BCUT2D eigenvalue weighted by atomic mass is 35.5. The van der Waals surface area contributed by atoms with Gasteiger partial charge in [0, 0.05) is 30.4 Å². The summed E-state index contributed by atoms with van der Waals surface area (Å²) in [7, 11) is 0.0395. The predicted octanol–water partition coefficient (Wildman–Crippen LogP) is 5.87. The number of rotatable bonds is 9. The molecule has 200 valence electrons. The molecule has 0 atom stereocenters. The van der Waals surface area contributed by atoms with Gasteiger partial charge in [0.05, 0.1) is 23.3 Å². The maximum Gasteiger partial charge on any atom is 0.271 e. The second-order valence-electron chi connectivity index (χ2n) is 9.09. The third-order valence-corrected chi connectivity index (χ3v) is 8.35. The monoisotopic (exact) mass is 560 g/mol. The third kappa shape index (κ3) is 6.66. The van der Waals surface area contributed by atoms with Crippen molar-refractivity contribution < 1.29 is 13.2 Å². The van der Waals surface area contributed by atoms with Gasteiger partial charge in [-0.25, -0.2) is 13.8 Å². The van der Waals surface area contributed by atoms with E-state index in [1.807, 2.05) is 43.3 Å². The lowest BCUT2D eigenvalue weighted by atomic mass is 10.1. The number of hydrazone groups is 1. The molecule has 0 unspecified atom stereocenters. The first-order chi connectivity index (χ1) is 18.7. The summed E-state index contributed by atoms with van der Waals surface area (Å²) < 4.78 is 28.7. The van der Waals surface area contributed by atoms with Crippen molar-refractivity contribution in [3.8, 4) is 0 Å². The van der Waals surface area contributed by atoms with E-state index in [0.29, 0.717) is 27.4 Å². The lowest BCUT2D eigenvalue weighted by molar-refractivity contribution is 0.0955. The molecule has 0 aliphatic heterocycles. The molecule has 0 bridgehead atoms. The number of hydrogen-bond donors (Lipinski definition) is 1. The van der Waals surface area contributed by atoms with E-state index in [1.165, 1.54) is 4.31 Å². The van der Waals surface area contributed by atoms with E-state index >= 15 is 0 Å². The molecule has 9 heteroatoms. The molecule has 0 radical (unpaired) electrons. The van der Waals surface area contributed by atoms with Gasteiger partial charge in [-0.3, -0.25) is 9.10 Å². The fourth-order valence-electron chi connectivity index (χ4n) is 3.90. The Morgan fingerprint density at radius 2 is 1.56 bits per heavy atom. The van der Waals surface area contributed by atoms with E-state index in [1.54, 1.807) is 85.9 Å². The summed E-state index contributed by atoms with van der Waals surface area (Å²) in [4.78, 5) is 14.8. The Morgan fingerprint density at radius 1 is 0.897 bits per heavy atom. The molecule has 0 fully saturated rings. The van der Waals surface area contributed by atoms with Crippen LogP contribution in [0.5, 0.6) is 0 Å². The number of anilines is 2. The van der Waals surface area contributed by atoms with E-state index in [2.05, 4.69) is 10.5 Å². The minimum absolute atomic E-state index is 0.0569. The second-order valence-corrected chi connectivity index (χ2v) is 11.4. The van der Waals surface area contributed by atoms with Crippen molar-refractivity contribution >= 4 is 45.1 Å². The van der Waals surface area contributed by atoms with E-state index in [9.17, 15) is 13.2 Å². The Hall–Kier alpha value is -4.14. The summed E-state index contributed by atoms with van der Waals surface area (Å²) >= 11 is 6.33. The number of carbonyl (C=O) groups is 1. The molecule has 0 aromatic heterocycles. The second kappa shape index (κ2) is 12.1. The molecule has 0 saturated heterocycles. The standard InChI is InChI=1S/C30H29ClN4O3S/c1-22-28(31)10-7-11-29(22)35(39(37,38)27-8-5-4-6-9-27)21-24-12-16-25(17-13-24)30(36)33-32-20-23-14-18-26(19-15-23)34(2)3/h4-20H,21H2,1-3H3,(H,33,36)/b32-20-. The van der Waals surface area contributed by atoms with Gasteiger partial charge in [-0.1, -0.05) is 60.1 Å². The first kappa shape index (κ1) is 27.9. The van der Waals surface area contributed by atoms with Gasteiger partial charge in [0.2, 0.25) is 0 Å². The third-order valence-electron chi connectivity index (χ3n) is 6.17. The quantitative estimate of drug-likeness (QED) is 0.205. The Labute approximate surface area is 234 Å². The fraction of sp³-hybridized carbons (Fsp3) is 0.133. The Kier molecular flexibility index (Phi) is 8.69. The maximum absolute atomic E-state index is 13.7. The molecule has 4 aromatic rings.